The maximum Gasteiger partial charge on any atom is 0.320 e. The molecule has 0 radical (unpaired) electrons. The smallest absolute Gasteiger partial charge is 0.320 e. The summed E-state index contributed by atoms with van der Waals surface area (Å²) in [5, 5.41) is 0. The van der Waals surface area contributed by atoms with E-state index in [9.17, 15) is 8.78 Å². The van der Waals surface area contributed by atoms with Crippen LogP contribution in [0.15, 0.2) is 36.7 Å². The SMILES string of the molecule is CCc1ccccc1OCc1nccn1C(F)F. The predicted octanol–water partition coefficient (Wildman–Crippen LogP) is 3.42. The van der Waals surface area contributed by atoms with Gasteiger partial charge in [0.05, 0.1) is 0 Å². The molecule has 0 unspecified atom stereocenters. The van der Waals surface area contributed by atoms with Gasteiger partial charge in [0, 0.05) is 12.4 Å². The van der Waals surface area contributed by atoms with Gasteiger partial charge in [0.2, 0.25) is 0 Å². The predicted molar refractivity (Wildman–Crippen MR) is 63.6 cm³/mol. The number of hydrogen-bond acceptors (Lipinski definition) is 2. The quantitative estimate of drug-likeness (QED) is 0.815. The third-order valence-electron chi connectivity index (χ3n) is 2.67. The first-order valence-corrected chi connectivity index (χ1v) is 5.73. The molecule has 0 aliphatic carbocycles. The maximum atomic E-state index is 12.6. The molecule has 0 atom stereocenters. The van der Waals surface area contributed by atoms with Crippen molar-refractivity contribution in [2.45, 2.75) is 26.5 Å². The fraction of sp³-hybridized carbons (Fsp3) is 0.308. The van der Waals surface area contributed by atoms with Crippen LogP contribution in [0, 0.1) is 0 Å². The van der Waals surface area contributed by atoms with Gasteiger partial charge in [0.15, 0.2) is 5.82 Å². The van der Waals surface area contributed by atoms with E-state index in [1.54, 1.807) is 0 Å². The molecule has 0 fully saturated rings. The summed E-state index contributed by atoms with van der Waals surface area (Å²) in [6.07, 6.45) is 3.42. The molecular weight excluding hydrogens is 238 g/mol. The van der Waals surface area contributed by atoms with Crippen LogP contribution in [0.3, 0.4) is 0 Å². The standard InChI is InChI=1S/C13H14F2N2O/c1-2-10-5-3-4-6-11(10)18-9-12-16-7-8-17(12)13(14)15/h3-8,13H,2,9H2,1H3. The Kier molecular flexibility index (Phi) is 3.92. The van der Waals surface area contributed by atoms with E-state index in [1.165, 1.54) is 12.4 Å². The van der Waals surface area contributed by atoms with Crippen molar-refractivity contribution in [2.75, 3.05) is 0 Å². The van der Waals surface area contributed by atoms with Crippen molar-refractivity contribution in [1.82, 2.24) is 9.55 Å². The Labute approximate surface area is 104 Å². The zero-order valence-electron chi connectivity index (χ0n) is 10.0. The van der Waals surface area contributed by atoms with Gasteiger partial charge in [-0.1, -0.05) is 25.1 Å². The topological polar surface area (TPSA) is 27.1 Å². The van der Waals surface area contributed by atoms with Gasteiger partial charge in [-0.2, -0.15) is 8.78 Å². The molecule has 5 heteroatoms. The van der Waals surface area contributed by atoms with E-state index >= 15 is 0 Å². The Morgan fingerprint density at radius 3 is 2.83 bits per heavy atom. The van der Waals surface area contributed by atoms with Crippen molar-refractivity contribution in [1.29, 1.82) is 0 Å². The molecule has 18 heavy (non-hydrogen) atoms. The monoisotopic (exact) mass is 252 g/mol. The molecule has 0 saturated carbocycles. The molecule has 1 aromatic heterocycles. The number of aromatic nitrogens is 2. The number of alkyl halides is 2. The summed E-state index contributed by atoms with van der Waals surface area (Å²) in [7, 11) is 0. The molecule has 1 aromatic carbocycles. The van der Waals surface area contributed by atoms with Crippen molar-refractivity contribution in [3.8, 4) is 5.75 Å². The number of benzene rings is 1. The Bertz CT molecular complexity index is 511. The van der Waals surface area contributed by atoms with Gasteiger partial charge in [-0.05, 0) is 18.1 Å². The molecule has 0 spiro atoms. The normalized spacial score (nSPS) is 10.9. The lowest BCUT2D eigenvalue weighted by Gasteiger charge is -2.11. The Morgan fingerprint density at radius 2 is 2.11 bits per heavy atom. The van der Waals surface area contributed by atoms with Crippen molar-refractivity contribution in [3.05, 3.63) is 48.0 Å². The van der Waals surface area contributed by atoms with Crippen LogP contribution in [0.1, 0.15) is 24.9 Å². The van der Waals surface area contributed by atoms with Gasteiger partial charge in [0.1, 0.15) is 12.4 Å². The van der Waals surface area contributed by atoms with Crippen LogP contribution in [0.2, 0.25) is 0 Å². The molecule has 2 aromatic rings. The summed E-state index contributed by atoms with van der Waals surface area (Å²) in [5.41, 5.74) is 1.05. The summed E-state index contributed by atoms with van der Waals surface area (Å²) in [6.45, 7) is -0.538. The lowest BCUT2D eigenvalue weighted by atomic mass is 10.1. The van der Waals surface area contributed by atoms with E-state index in [1.807, 2.05) is 31.2 Å². The molecule has 1 heterocycles. The molecule has 0 aliphatic rings. The average molecular weight is 252 g/mol. The van der Waals surface area contributed by atoms with Crippen LogP contribution in [-0.4, -0.2) is 9.55 Å². The third-order valence-corrected chi connectivity index (χ3v) is 2.67. The largest absolute Gasteiger partial charge is 0.485 e. The van der Waals surface area contributed by atoms with Gasteiger partial charge in [-0.15, -0.1) is 0 Å². The summed E-state index contributed by atoms with van der Waals surface area (Å²) in [5.74, 6) is 0.930. The fourth-order valence-corrected chi connectivity index (χ4v) is 1.71. The van der Waals surface area contributed by atoms with Crippen LogP contribution in [0.25, 0.3) is 0 Å². The maximum absolute atomic E-state index is 12.6. The van der Waals surface area contributed by atoms with Gasteiger partial charge in [0.25, 0.3) is 0 Å². The average Bonchev–Trinajstić information content (AvgIpc) is 2.85. The van der Waals surface area contributed by atoms with Crippen LogP contribution in [0.4, 0.5) is 8.78 Å². The van der Waals surface area contributed by atoms with Gasteiger partial charge >= 0.3 is 6.55 Å². The van der Waals surface area contributed by atoms with E-state index in [2.05, 4.69) is 4.98 Å². The minimum Gasteiger partial charge on any atom is -0.485 e. The summed E-state index contributed by atoms with van der Waals surface area (Å²) >= 11 is 0. The summed E-state index contributed by atoms with van der Waals surface area (Å²) < 4.78 is 31.5. The number of aryl methyl sites for hydroxylation is 1. The zero-order chi connectivity index (χ0) is 13.0. The van der Waals surface area contributed by atoms with E-state index in [4.69, 9.17) is 4.74 Å². The van der Waals surface area contributed by atoms with Crippen molar-refractivity contribution in [2.24, 2.45) is 0 Å². The Hall–Kier alpha value is -1.91. The highest BCUT2D eigenvalue weighted by Crippen LogP contribution is 2.20. The number of para-hydroxylation sites is 1. The summed E-state index contributed by atoms with van der Waals surface area (Å²) in [6, 6.07) is 7.56. The van der Waals surface area contributed by atoms with E-state index in [0.29, 0.717) is 5.75 Å². The molecule has 3 nitrogen and oxygen atoms in total. The summed E-state index contributed by atoms with van der Waals surface area (Å²) in [4.78, 5) is 3.87. The number of ether oxygens (including phenoxy) is 1. The number of hydrogen-bond donors (Lipinski definition) is 0. The molecule has 2 rings (SSSR count). The van der Waals surface area contributed by atoms with Gasteiger partial charge in [-0.25, -0.2) is 4.98 Å². The highest BCUT2D eigenvalue weighted by molar-refractivity contribution is 5.33. The number of halogens is 2. The van der Waals surface area contributed by atoms with Crippen LogP contribution >= 0.6 is 0 Å². The Morgan fingerprint density at radius 1 is 1.33 bits per heavy atom. The lowest BCUT2D eigenvalue weighted by Crippen LogP contribution is -2.07. The fourth-order valence-electron chi connectivity index (χ4n) is 1.71. The van der Waals surface area contributed by atoms with Gasteiger partial charge < -0.3 is 4.74 Å². The number of nitrogens with zero attached hydrogens (tertiary/aromatic N) is 2. The van der Waals surface area contributed by atoms with Crippen LogP contribution in [-0.2, 0) is 13.0 Å². The molecule has 0 saturated heterocycles. The third kappa shape index (κ3) is 2.67. The second-order valence-corrected chi connectivity index (χ2v) is 3.78. The molecule has 0 N–H and O–H groups in total. The first-order chi connectivity index (χ1) is 8.72. The van der Waals surface area contributed by atoms with E-state index in [-0.39, 0.29) is 12.4 Å². The van der Waals surface area contributed by atoms with Crippen molar-refractivity contribution >= 4 is 0 Å². The molecule has 0 amide bonds. The van der Waals surface area contributed by atoms with Gasteiger partial charge in [-0.3, -0.25) is 4.57 Å². The lowest BCUT2D eigenvalue weighted by molar-refractivity contribution is 0.0632. The first-order valence-electron chi connectivity index (χ1n) is 5.73. The first kappa shape index (κ1) is 12.5. The Balaban J connectivity index is 2.09. The second kappa shape index (κ2) is 5.62. The number of imidazole rings is 1. The van der Waals surface area contributed by atoms with Crippen LogP contribution in [0.5, 0.6) is 5.75 Å². The minimum atomic E-state index is -2.59. The minimum absolute atomic E-state index is 0.0361. The molecule has 0 bridgehead atoms. The van der Waals surface area contributed by atoms with E-state index in [0.717, 1.165) is 16.6 Å². The van der Waals surface area contributed by atoms with Crippen molar-refractivity contribution in [3.63, 3.8) is 0 Å². The molecule has 0 aliphatic heterocycles. The second-order valence-electron chi connectivity index (χ2n) is 3.78. The molecule has 96 valence electrons. The zero-order valence-corrected chi connectivity index (χ0v) is 10.0. The van der Waals surface area contributed by atoms with E-state index < -0.39 is 6.55 Å². The number of rotatable bonds is 5. The highest BCUT2D eigenvalue weighted by atomic mass is 19.3. The van der Waals surface area contributed by atoms with Crippen LogP contribution < -0.4 is 4.74 Å². The van der Waals surface area contributed by atoms with Crippen molar-refractivity contribution < 1.29 is 13.5 Å². The molecular formula is C13H14F2N2O. The highest BCUT2D eigenvalue weighted by Gasteiger charge is 2.12.